The molecule has 0 radical (unpaired) electrons. The van der Waals surface area contributed by atoms with Crippen molar-refractivity contribution < 1.29 is 14.3 Å². The number of hydrogen-bond acceptors (Lipinski definition) is 8. The van der Waals surface area contributed by atoms with Gasteiger partial charge in [-0.1, -0.05) is 18.2 Å². The molecule has 1 amide bonds. The normalized spacial score (nSPS) is 15.2. The van der Waals surface area contributed by atoms with Gasteiger partial charge >= 0.3 is 0 Å². The molecule has 1 aliphatic heterocycles. The lowest BCUT2D eigenvalue weighted by molar-refractivity contribution is -0.139. The Kier molecular flexibility index (Phi) is 8.52. The first-order valence-corrected chi connectivity index (χ1v) is 11.9. The number of amides is 1. The van der Waals surface area contributed by atoms with Gasteiger partial charge < -0.3 is 19.3 Å². The van der Waals surface area contributed by atoms with Crippen molar-refractivity contribution in [2.24, 2.45) is 0 Å². The van der Waals surface area contributed by atoms with E-state index in [1.165, 1.54) is 0 Å². The number of hydrogen-bond donors (Lipinski definition) is 0. The lowest BCUT2D eigenvalue weighted by Gasteiger charge is -2.32. The summed E-state index contributed by atoms with van der Waals surface area (Å²) >= 11 is 0. The maximum Gasteiger partial charge on any atom is 0.242 e. The fraction of sp³-hybridized carbons (Fsp3) is 0.296. The minimum Gasteiger partial charge on any atom is -0.473 e. The summed E-state index contributed by atoms with van der Waals surface area (Å²) < 4.78 is 12.0. The molecule has 4 aromatic rings. The standard InChI is InChI=1S/C27H28N6O3.H2S/c1-32(2)21-7-5-20(6-8-21)23-15-24-26(30-11-10-29-24)27(31-23)36-18-22-17-33(12-13-35-22)25(34)14-19-4-3-9-28-16-19;/h3-11,15-16,22H,12-14,17-18H2,1-2H3;1H2/t22-;/m0./s1. The third-order valence-electron chi connectivity index (χ3n) is 6.08. The Balaban J connectivity index is 0.00000320. The fourth-order valence-corrected chi connectivity index (χ4v) is 4.13. The van der Waals surface area contributed by atoms with Gasteiger partial charge in [-0.2, -0.15) is 13.5 Å². The molecule has 1 aliphatic rings. The highest BCUT2D eigenvalue weighted by Gasteiger charge is 2.25. The molecule has 4 heterocycles. The number of aromatic nitrogens is 4. The monoisotopic (exact) mass is 518 g/mol. The highest BCUT2D eigenvalue weighted by atomic mass is 32.1. The molecule has 1 atom stereocenters. The van der Waals surface area contributed by atoms with E-state index in [1.807, 2.05) is 66.4 Å². The number of ether oxygens (including phenoxy) is 2. The van der Waals surface area contributed by atoms with Gasteiger partial charge in [0.15, 0.2) is 5.52 Å². The van der Waals surface area contributed by atoms with Crippen LogP contribution in [0.3, 0.4) is 0 Å². The first-order chi connectivity index (χ1) is 17.6. The number of nitrogens with zero attached hydrogens (tertiary/aromatic N) is 6. The largest absolute Gasteiger partial charge is 0.473 e. The number of carbonyl (C=O) groups is 1. The number of pyridine rings is 2. The highest BCUT2D eigenvalue weighted by molar-refractivity contribution is 7.59. The molecule has 1 fully saturated rings. The predicted molar refractivity (Wildman–Crippen MR) is 147 cm³/mol. The lowest BCUT2D eigenvalue weighted by atomic mass is 10.1. The second kappa shape index (κ2) is 12.0. The molecule has 5 rings (SSSR count). The van der Waals surface area contributed by atoms with Crippen molar-refractivity contribution in [2.75, 3.05) is 45.3 Å². The molecule has 0 saturated carbocycles. The molecule has 0 unspecified atom stereocenters. The van der Waals surface area contributed by atoms with Crippen molar-refractivity contribution in [3.8, 4) is 17.1 Å². The molecular weight excluding hydrogens is 488 g/mol. The molecule has 0 bridgehead atoms. The summed E-state index contributed by atoms with van der Waals surface area (Å²) in [5.74, 6) is 0.448. The molecule has 1 saturated heterocycles. The first kappa shape index (κ1) is 26.3. The maximum absolute atomic E-state index is 12.8. The topological polar surface area (TPSA) is 93.6 Å². The maximum atomic E-state index is 12.8. The zero-order valence-electron chi connectivity index (χ0n) is 20.9. The molecular formula is C27H30N6O3S. The molecule has 0 N–H and O–H groups in total. The van der Waals surface area contributed by atoms with Gasteiger partial charge in [0.1, 0.15) is 12.7 Å². The van der Waals surface area contributed by atoms with E-state index >= 15 is 0 Å². The van der Waals surface area contributed by atoms with Gasteiger partial charge in [-0.3, -0.25) is 14.8 Å². The highest BCUT2D eigenvalue weighted by Crippen LogP contribution is 2.28. The van der Waals surface area contributed by atoms with Gasteiger partial charge in [0.2, 0.25) is 11.8 Å². The number of rotatable bonds is 7. The van der Waals surface area contributed by atoms with E-state index in [-0.39, 0.29) is 32.1 Å². The average molecular weight is 519 g/mol. The molecule has 1 aromatic carbocycles. The number of fused-ring (bicyclic) bond motifs is 1. The van der Waals surface area contributed by atoms with Gasteiger partial charge in [-0.15, -0.1) is 0 Å². The molecule has 0 spiro atoms. The van der Waals surface area contributed by atoms with Gasteiger partial charge in [0, 0.05) is 56.7 Å². The summed E-state index contributed by atoms with van der Waals surface area (Å²) in [7, 11) is 4.01. The van der Waals surface area contributed by atoms with Crippen LogP contribution in [-0.2, 0) is 16.0 Å². The van der Waals surface area contributed by atoms with Crippen LogP contribution >= 0.6 is 13.5 Å². The predicted octanol–water partition coefficient (Wildman–Crippen LogP) is 3.11. The average Bonchev–Trinajstić information content (AvgIpc) is 2.92. The third kappa shape index (κ3) is 6.33. The minimum absolute atomic E-state index is 0. The number of benzene rings is 1. The van der Waals surface area contributed by atoms with E-state index in [1.54, 1.807) is 24.8 Å². The molecule has 0 aliphatic carbocycles. The zero-order chi connectivity index (χ0) is 24.9. The Morgan fingerprint density at radius 1 is 1.14 bits per heavy atom. The zero-order valence-corrected chi connectivity index (χ0v) is 21.9. The van der Waals surface area contributed by atoms with Gasteiger partial charge in [0.05, 0.1) is 30.8 Å². The van der Waals surface area contributed by atoms with Crippen LogP contribution in [0.5, 0.6) is 5.88 Å². The van der Waals surface area contributed by atoms with Crippen molar-refractivity contribution in [3.05, 3.63) is 72.8 Å². The van der Waals surface area contributed by atoms with Crippen molar-refractivity contribution in [1.29, 1.82) is 0 Å². The summed E-state index contributed by atoms with van der Waals surface area (Å²) in [5.41, 5.74) is 5.00. The van der Waals surface area contributed by atoms with Crippen LogP contribution in [0, 0.1) is 0 Å². The van der Waals surface area contributed by atoms with Crippen LogP contribution in [-0.4, -0.2) is 77.2 Å². The Morgan fingerprint density at radius 2 is 1.95 bits per heavy atom. The molecule has 37 heavy (non-hydrogen) atoms. The van der Waals surface area contributed by atoms with Crippen LogP contribution in [0.2, 0.25) is 0 Å². The number of morpholine rings is 1. The summed E-state index contributed by atoms with van der Waals surface area (Å²) in [6, 6.07) is 13.8. The summed E-state index contributed by atoms with van der Waals surface area (Å²) in [4.78, 5) is 34.4. The van der Waals surface area contributed by atoms with E-state index in [2.05, 4.69) is 15.0 Å². The quantitative estimate of drug-likeness (QED) is 0.369. The molecule has 3 aromatic heterocycles. The van der Waals surface area contributed by atoms with E-state index in [4.69, 9.17) is 14.5 Å². The second-order valence-corrected chi connectivity index (χ2v) is 8.86. The van der Waals surface area contributed by atoms with Crippen molar-refractivity contribution in [3.63, 3.8) is 0 Å². The van der Waals surface area contributed by atoms with Crippen LogP contribution in [0.15, 0.2) is 67.3 Å². The third-order valence-corrected chi connectivity index (χ3v) is 6.08. The number of carbonyl (C=O) groups excluding carboxylic acids is 1. The summed E-state index contributed by atoms with van der Waals surface area (Å²) in [6.07, 6.45) is 6.74. The van der Waals surface area contributed by atoms with E-state index in [0.29, 0.717) is 43.0 Å². The number of anilines is 1. The fourth-order valence-electron chi connectivity index (χ4n) is 4.13. The Bertz CT molecular complexity index is 1340. The first-order valence-electron chi connectivity index (χ1n) is 11.9. The van der Waals surface area contributed by atoms with Gasteiger partial charge in [-0.25, -0.2) is 9.97 Å². The smallest absolute Gasteiger partial charge is 0.242 e. The van der Waals surface area contributed by atoms with Crippen LogP contribution in [0.1, 0.15) is 5.56 Å². The molecule has 10 heteroatoms. The van der Waals surface area contributed by atoms with E-state index in [0.717, 1.165) is 22.5 Å². The molecule has 192 valence electrons. The molecule has 9 nitrogen and oxygen atoms in total. The Morgan fingerprint density at radius 3 is 2.70 bits per heavy atom. The summed E-state index contributed by atoms with van der Waals surface area (Å²) in [5, 5.41) is 0. The minimum atomic E-state index is -0.270. The van der Waals surface area contributed by atoms with Crippen LogP contribution in [0.25, 0.3) is 22.3 Å². The van der Waals surface area contributed by atoms with Crippen molar-refractivity contribution in [1.82, 2.24) is 24.8 Å². The van der Waals surface area contributed by atoms with Crippen molar-refractivity contribution >= 4 is 36.1 Å². The Hall–Kier alpha value is -3.76. The van der Waals surface area contributed by atoms with Crippen LogP contribution < -0.4 is 9.64 Å². The summed E-state index contributed by atoms with van der Waals surface area (Å²) in [6.45, 7) is 1.71. The van der Waals surface area contributed by atoms with E-state index < -0.39 is 0 Å². The second-order valence-electron chi connectivity index (χ2n) is 8.86. The van der Waals surface area contributed by atoms with E-state index in [9.17, 15) is 4.79 Å². The lowest BCUT2D eigenvalue weighted by Crippen LogP contribution is -2.48. The van der Waals surface area contributed by atoms with Gasteiger partial charge in [0.25, 0.3) is 0 Å². The Labute approximate surface area is 222 Å². The van der Waals surface area contributed by atoms with Crippen LogP contribution in [0.4, 0.5) is 5.69 Å². The van der Waals surface area contributed by atoms with Gasteiger partial charge in [-0.05, 0) is 29.8 Å². The SMILES string of the molecule is CN(C)c1ccc(-c2cc3nccnc3c(OC[C@@H]3CN(C(=O)Cc4cccnc4)CCO3)n2)cc1.S. The van der Waals surface area contributed by atoms with Crippen molar-refractivity contribution in [2.45, 2.75) is 12.5 Å².